The van der Waals surface area contributed by atoms with Crippen molar-refractivity contribution in [3.8, 4) is 0 Å². The van der Waals surface area contributed by atoms with E-state index >= 15 is 0 Å². The first kappa shape index (κ1) is 9.81. The molecule has 0 saturated carbocycles. The number of piperazine rings is 1. The maximum absolute atomic E-state index is 4.10. The van der Waals surface area contributed by atoms with Gasteiger partial charge in [-0.1, -0.05) is 12.1 Å². The molecule has 1 fully saturated rings. The van der Waals surface area contributed by atoms with Crippen LogP contribution in [-0.2, 0) is 6.54 Å². The van der Waals surface area contributed by atoms with Gasteiger partial charge in [-0.15, -0.1) is 0 Å². The summed E-state index contributed by atoms with van der Waals surface area (Å²) >= 11 is 0. The van der Waals surface area contributed by atoms with Gasteiger partial charge in [-0.2, -0.15) is 5.10 Å². The van der Waals surface area contributed by atoms with E-state index < -0.39 is 0 Å². The zero-order chi connectivity index (χ0) is 10.8. The van der Waals surface area contributed by atoms with Crippen LogP contribution < -0.4 is 5.32 Å². The lowest BCUT2D eigenvalue weighted by atomic mass is 10.1. The fraction of sp³-hybridized carbons (Fsp3) is 0.417. The maximum atomic E-state index is 4.10. The Morgan fingerprint density at radius 2 is 2.12 bits per heavy atom. The Bertz CT molecular complexity index is 471. The predicted molar refractivity (Wildman–Crippen MR) is 64.2 cm³/mol. The highest BCUT2D eigenvalue weighted by molar-refractivity contribution is 5.81. The molecular formula is C12H16N4. The van der Waals surface area contributed by atoms with Crippen LogP contribution in [0.1, 0.15) is 5.56 Å². The second-order valence-corrected chi connectivity index (χ2v) is 4.27. The van der Waals surface area contributed by atoms with Gasteiger partial charge in [0.25, 0.3) is 0 Å². The zero-order valence-electron chi connectivity index (χ0n) is 9.24. The van der Waals surface area contributed by atoms with Crippen molar-refractivity contribution in [1.29, 1.82) is 0 Å². The van der Waals surface area contributed by atoms with Crippen LogP contribution in [0.25, 0.3) is 10.9 Å². The van der Waals surface area contributed by atoms with Gasteiger partial charge in [-0.3, -0.25) is 10.00 Å². The Morgan fingerprint density at radius 1 is 1.25 bits per heavy atom. The van der Waals surface area contributed by atoms with Crippen molar-refractivity contribution in [1.82, 2.24) is 20.4 Å². The lowest BCUT2D eigenvalue weighted by Gasteiger charge is -2.27. The smallest absolute Gasteiger partial charge is 0.0653 e. The Hall–Kier alpha value is -1.39. The van der Waals surface area contributed by atoms with Crippen molar-refractivity contribution < 1.29 is 0 Å². The standard InChI is InChI=1S/C12H16N4/c1-2-10(9-16-6-4-13-5-7-16)11-8-14-15-12(11)3-1/h1-3,8,13H,4-7,9H2,(H,14,15). The molecule has 0 radical (unpaired) electrons. The summed E-state index contributed by atoms with van der Waals surface area (Å²) in [6.45, 7) is 5.49. The molecule has 1 saturated heterocycles. The third-order valence-electron chi connectivity index (χ3n) is 3.18. The van der Waals surface area contributed by atoms with Gasteiger partial charge in [-0.05, 0) is 11.6 Å². The second kappa shape index (κ2) is 4.23. The van der Waals surface area contributed by atoms with Crippen LogP contribution >= 0.6 is 0 Å². The van der Waals surface area contributed by atoms with Gasteiger partial charge in [0, 0.05) is 38.1 Å². The highest BCUT2D eigenvalue weighted by atomic mass is 15.2. The minimum Gasteiger partial charge on any atom is -0.314 e. The van der Waals surface area contributed by atoms with Crippen LogP contribution in [-0.4, -0.2) is 41.3 Å². The van der Waals surface area contributed by atoms with Gasteiger partial charge < -0.3 is 5.32 Å². The summed E-state index contributed by atoms with van der Waals surface area (Å²) in [6.07, 6.45) is 1.92. The monoisotopic (exact) mass is 216 g/mol. The topological polar surface area (TPSA) is 44.0 Å². The van der Waals surface area contributed by atoms with E-state index in [9.17, 15) is 0 Å². The quantitative estimate of drug-likeness (QED) is 0.786. The summed E-state index contributed by atoms with van der Waals surface area (Å²) in [4.78, 5) is 2.48. The number of nitrogens with zero attached hydrogens (tertiary/aromatic N) is 2. The van der Waals surface area contributed by atoms with E-state index in [2.05, 4.69) is 38.6 Å². The van der Waals surface area contributed by atoms with E-state index in [1.165, 1.54) is 10.9 Å². The van der Waals surface area contributed by atoms with Crippen molar-refractivity contribution in [2.45, 2.75) is 6.54 Å². The van der Waals surface area contributed by atoms with E-state index in [0.717, 1.165) is 38.2 Å². The molecule has 0 unspecified atom stereocenters. The molecule has 0 atom stereocenters. The van der Waals surface area contributed by atoms with Gasteiger partial charge in [0.2, 0.25) is 0 Å². The zero-order valence-corrected chi connectivity index (χ0v) is 9.24. The third-order valence-corrected chi connectivity index (χ3v) is 3.18. The Labute approximate surface area is 94.6 Å². The Morgan fingerprint density at radius 3 is 3.00 bits per heavy atom. The van der Waals surface area contributed by atoms with Crippen molar-refractivity contribution in [2.75, 3.05) is 26.2 Å². The molecule has 0 aliphatic carbocycles. The summed E-state index contributed by atoms with van der Waals surface area (Å²) in [7, 11) is 0. The van der Waals surface area contributed by atoms with Crippen LogP contribution in [0.4, 0.5) is 0 Å². The predicted octanol–water partition coefficient (Wildman–Crippen LogP) is 0.968. The van der Waals surface area contributed by atoms with Crippen molar-refractivity contribution in [3.63, 3.8) is 0 Å². The molecule has 0 amide bonds. The van der Waals surface area contributed by atoms with Crippen molar-refractivity contribution in [2.24, 2.45) is 0 Å². The first-order valence-corrected chi connectivity index (χ1v) is 5.77. The fourth-order valence-electron chi connectivity index (χ4n) is 2.28. The molecule has 4 nitrogen and oxygen atoms in total. The number of benzene rings is 1. The van der Waals surface area contributed by atoms with Crippen LogP contribution in [0.3, 0.4) is 0 Å². The van der Waals surface area contributed by atoms with Crippen LogP contribution in [0.5, 0.6) is 0 Å². The van der Waals surface area contributed by atoms with Gasteiger partial charge in [0.1, 0.15) is 0 Å². The van der Waals surface area contributed by atoms with Crippen molar-refractivity contribution >= 4 is 10.9 Å². The van der Waals surface area contributed by atoms with E-state index in [-0.39, 0.29) is 0 Å². The highest BCUT2D eigenvalue weighted by Gasteiger charge is 2.11. The lowest BCUT2D eigenvalue weighted by Crippen LogP contribution is -2.42. The summed E-state index contributed by atoms with van der Waals surface area (Å²) in [5.41, 5.74) is 2.50. The molecule has 0 bridgehead atoms. The number of hydrogen-bond donors (Lipinski definition) is 2. The summed E-state index contributed by atoms with van der Waals surface area (Å²) in [5.74, 6) is 0. The molecule has 2 N–H and O–H groups in total. The molecule has 2 aromatic rings. The van der Waals surface area contributed by atoms with Gasteiger partial charge in [0.15, 0.2) is 0 Å². The molecule has 2 heterocycles. The number of rotatable bonds is 2. The van der Waals surface area contributed by atoms with Crippen molar-refractivity contribution in [3.05, 3.63) is 30.0 Å². The molecule has 3 rings (SSSR count). The minimum atomic E-state index is 1.03. The first-order valence-electron chi connectivity index (χ1n) is 5.77. The van der Waals surface area contributed by atoms with Crippen LogP contribution in [0, 0.1) is 0 Å². The van der Waals surface area contributed by atoms with E-state index in [0.29, 0.717) is 0 Å². The second-order valence-electron chi connectivity index (χ2n) is 4.27. The largest absolute Gasteiger partial charge is 0.314 e. The molecule has 1 aliphatic rings. The average Bonchev–Trinajstić information content (AvgIpc) is 2.80. The first-order chi connectivity index (χ1) is 7.93. The number of H-pyrrole nitrogens is 1. The number of fused-ring (bicyclic) bond motifs is 1. The molecule has 4 heteroatoms. The SMILES string of the molecule is c1cc(CN2CCNCC2)c2cn[nH]c2c1. The summed E-state index contributed by atoms with van der Waals surface area (Å²) in [6, 6.07) is 6.36. The highest BCUT2D eigenvalue weighted by Crippen LogP contribution is 2.17. The number of hydrogen-bond acceptors (Lipinski definition) is 3. The van der Waals surface area contributed by atoms with Crippen LogP contribution in [0.15, 0.2) is 24.4 Å². The molecule has 1 aliphatic heterocycles. The number of aromatic amines is 1. The van der Waals surface area contributed by atoms with E-state index in [1.54, 1.807) is 0 Å². The summed E-state index contributed by atoms with van der Waals surface area (Å²) in [5, 5.41) is 11.7. The van der Waals surface area contributed by atoms with Crippen LogP contribution in [0.2, 0.25) is 0 Å². The number of aromatic nitrogens is 2. The molecular weight excluding hydrogens is 200 g/mol. The van der Waals surface area contributed by atoms with Gasteiger partial charge in [-0.25, -0.2) is 0 Å². The Kier molecular flexibility index (Phi) is 2.60. The third kappa shape index (κ3) is 1.81. The average molecular weight is 216 g/mol. The van der Waals surface area contributed by atoms with Gasteiger partial charge in [0.05, 0.1) is 11.7 Å². The van der Waals surface area contributed by atoms with Gasteiger partial charge >= 0.3 is 0 Å². The fourth-order valence-corrected chi connectivity index (χ4v) is 2.28. The Balaban J connectivity index is 1.85. The lowest BCUT2D eigenvalue weighted by molar-refractivity contribution is 0.234. The molecule has 16 heavy (non-hydrogen) atoms. The summed E-state index contributed by atoms with van der Waals surface area (Å²) < 4.78 is 0. The maximum Gasteiger partial charge on any atom is 0.0653 e. The molecule has 1 aromatic heterocycles. The normalized spacial score (nSPS) is 18.0. The number of nitrogens with one attached hydrogen (secondary N) is 2. The molecule has 84 valence electrons. The molecule has 0 spiro atoms. The minimum absolute atomic E-state index is 1.03. The van der Waals surface area contributed by atoms with E-state index in [1.807, 2.05) is 6.20 Å². The molecule has 1 aromatic carbocycles. The van der Waals surface area contributed by atoms with E-state index in [4.69, 9.17) is 0 Å².